The van der Waals surface area contributed by atoms with Crippen molar-refractivity contribution in [2.24, 2.45) is 0 Å². The van der Waals surface area contributed by atoms with Crippen LogP contribution < -0.4 is 0 Å². The Hall–Kier alpha value is -2.31. The number of nitrogens with zero attached hydrogens (tertiary/aromatic N) is 3. The summed E-state index contributed by atoms with van der Waals surface area (Å²) in [6.07, 6.45) is -0.143. The van der Waals surface area contributed by atoms with Crippen molar-refractivity contribution in [2.45, 2.75) is 32.0 Å². The molecule has 0 amide bonds. The number of halogens is 1. The molecule has 27 heavy (non-hydrogen) atoms. The van der Waals surface area contributed by atoms with Gasteiger partial charge in [-0.05, 0) is 45.0 Å². The highest BCUT2D eigenvalue weighted by molar-refractivity contribution is 7.99. The number of aryl methyl sites for hydroxylation is 1. The summed E-state index contributed by atoms with van der Waals surface area (Å²) in [6.45, 7) is 5.69. The molecule has 0 unspecified atom stereocenters. The van der Waals surface area contributed by atoms with Gasteiger partial charge in [-0.3, -0.25) is 9.36 Å². The molecule has 0 atom stereocenters. The predicted octanol–water partition coefficient (Wildman–Crippen LogP) is 4.94. The Morgan fingerprint density at radius 2 is 1.78 bits per heavy atom. The lowest BCUT2D eigenvalue weighted by molar-refractivity contribution is -0.144. The highest BCUT2D eigenvalue weighted by Gasteiger charge is 2.18. The predicted molar refractivity (Wildman–Crippen MR) is 108 cm³/mol. The average Bonchev–Trinajstić information content (AvgIpc) is 3.04. The molecule has 0 aliphatic carbocycles. The van der Waals surface area contributed by atoms with Gasteiger partial charge in [0.1, 0.15) is 0 Å². The molecule has 0 spiro atoms. The SMILES string of the molecule is Cc1ccc(-c2nnc(SCC(=O)OC(C)C)n2-c2ccc(Cl)cc2)cc1. The standard InChI is InChI=1S/C20H20ClN3O2S/c1-13(2)26-18(25)12-27-20-23-22-19(15-6-4-14(3)5-7-15)24(20)17-10-8-16(21)9-11-17/h4-11,13H,12H2,1-3H3. The molecule has 1 heterocycles. The summed E-state index contributed by atoms with van der Waals surface area (Å²) in [5, 5.41) is 9.93. The van der Waals surface area contributed by atoms with Crippen molar-refractivity contribution in [3.63, 3.8) is 0 Å². The molecule has 5 nitrogen and oxygen atoms in total. The van der Waals surface area contributed by atoms with E-state index in [1.807, 2.05) is 73.9 Å². The molecule has 0 saturated heterocycles. The van der Waals surface area contributed by atoms with Crippen LogP contribution in [0.4, 0.5) is 0 Å². The van der Waals surface area contributed by atoms with E-state index in [1.54, 1.807) is 0 Å². The normalized spacial score (nSPS) is 11.0. The Labute approximate surface area is 167 Å². The molecule has 0 bridgehead atoms. The Kier molecular flexibility index (Phi) is 6.19. The maximum atomic E-state index is 11.9. The summed E-state index contributed by atoms with van der Waals surface area (Å²) in [5.41, 5.74) is 2.99. The largest absolute Gasteiger partial charge is 0.462 e. The molecule has 0 N–H and O–H groups in total. The van der Waals surface area contributed by atoms with Gasteiger partial charge in [-0.25, -0.2) is 0 Å². The van der Waals surface area contributed by atoms with Gasteiger partial charge < -0.3 is 4.74 Å². The van der Waals surface area contributed by atoms with Gasteiger partial charge in [-0.1, -0.05) is 53.2 Å². The number of carbonyl (C=O) groups is 1. The maximum absolute atomic E-state index is 11.9. The maximum Gasteiger partial charge on any atom is 0.316 e. The number of rotatable bonds is 6. The lowest BCUT2D eigenvalue weighted by Crippen LogP contribution is -2.13. The fraction of sp³-hybridized carbons (Fsp3) is 0.250. The first kappa shape index (κ1) is 19.5. The summed E-state index contributed by atoms with van der Waals surface area (Å²) >= 11 is 7.33. The van der Waals surface area contributed by atoms with Crippen LogP contribution in [0.1, 0.15) is 19.4 Å². The topological polar surface area (TPSA) is 57.0 Å². The van der Waals surface area contributed by atoms with Crippen LogP contribution in [0.2, 0.25) is 5.02 Å². The quantitative estimate of drug-likeness (QED) is 0.432. The van der Waals surface area contributed by atoms with Gasteiger partial charge in [0.15, 0.2) is 11.0 Å². The summed E-state index contributed by atoms with van der Waals surface area (Å²) in [6, 6.07) is 15.5. The van der Waals surface area contributed by atoms with Crippen molar-refractivity contribution in [3.8, 4) is 17.1 Å². The lowest BCUT2D eigenvalue weighted by atomic mass is 10.1. The second-order valence-electron chi connectivity index (χ2n) is 6.31. The minimum absolute atomic E-state index is 0.143. The van der Waals surface area contributed by atoms with Crippen LogP contribution >= 0.6 is 23.4 Å². The molecule has 0 radical (unpaired) electrons. The minimum atomic E-state index is -0.280. The van der Waals surface area contributed by atoms with Crippen LogP contribution in [0, 0.1) is 6.92 Å². The highest BCUT2D eigenvalue weighted by Crippen LogP contribution is 2.29. The highest BCUT2D eigenvalue weighted by atomic mass is 35.5. The van der Waals surface area contributed by atoms with Gasteiger partial charge >= 0.3 is 5.97 Å². The van der Waals surface area contributed by atoms with Crippen molar-refractivity contribution in [1.82, 2.24) is 14.8 Å². The number of hydrogen-bond acceptors (Lipinski definition) is 5. The summed E-state index contributed by atoms with van der Waals surface area (Å²) < 4.78 is 7.13. The first-order valence-electron chi connectivity index (χ1n) is 8.54. The number of aromatic nitrogens is 3. The van der Waals surface area contributed by atoms with Crippen LogP contribution in [0.25, 0.3) is 17.1 Å². The summed E-state index contributed by atoms with van der Waals surface area (Å²) in [5.74, 6) is 0.590. The number of esters is 1. The third kappa shape index (κ3) is 4.90. The molecule has 1 aromatic heterocycles. The molecule has 3 rings (SSSR count). The molecule has 0 fully saturated rings. The summed E-state index contributed by atoms with van der Waals surface area (Å²) in [7, 11) is 0. The Bertz CT molecular complexity index is 921. The van der Waals surface area contributed by atoms with Crippen LogP contribution in [-0.2, 0) is 9.53 Å². The Morgan fingerprint density at radius 1 is 1.11 bits per heavy atom. The van der Waals surface area contributed by atoms with Crippen molar-refractivity contribution in [3.05, 3.63) is 59.1 Å². The second kappa shape index (κ2) is 8.59. The van der Waals surface area contributed by atoms with E-state index in [4.69, 9.17) is 16.3 Å². The zero-order valence-corrected chi connectivity index (χ0v) is 16.9. The molecular weight excluding hydrogens is 382 g/mol. The van der Waals surface area contributed by atoms with E-state index in [-0.39, 0.29) is 17.8 Å². The second-order valence-corrected chi connectivity index (χ2v) is 7.69. The molecule has 140 valence electrons. The van der Waals surface area contributed by atoms with Gasteiger partial charge in [0.05, 0.1) is 11.9 Å². The third-order valence-corrected chi connectivity index (χ3v) is 4.87. The number of thioether (sulfide) groups is 1. The van der Waals surface area contributed by atoms with Crippen LogP contribution in [0.5, 0.6) is 0 Å². The van der Waals surface area contributed by atoms with Crippen molar-refractivity contribution in [2.75, 3.05) is 5.75 Å². The van der Waals surface area contributed by atoms with Crippen LogP contribution in [0.15, 0.2) is 53.7 Å². The van der Waals surface area contributed by atoms with E-state index >= 15 is 0 Å². The lowest BCUT2D eigenvalue weighted by Gasteiger charge is -2.11. The zero-order chi connectivity index (χ0) is 19.4. The smallest absolute Gasteiger partial charge is 0.316 e. The number of hydrogen-bond donors (Lipinski definition) is 0. The Morgan fingerprint density at radius 3 is 2.41 bits per heavy atom. The van der Waals surface area contributed by atoms with Crippen molar-refractivity contribution < 1.29 is 9.53 Å². The first-order chi connectivity index (χ1) is 12.9. The molecule has 0 saturated carbocycles. The molecule has 2 aromatic carbocycles. The Balaban J connectivity index is 1.97. The van der Waals surface area contributed by atoms with E-state index in [1.165, 1.54) is 17.3 Å². The van der Waals surface area contributed by atoms with Crippen LogP contribution in [-0.4, -0.2) is 32.6 Å². The van der Waals surface area contributed by atoms with E-state index in [0.29, 0.717) is 16.0 Å². The van der Waals surface area contributed by atoms with Crippen molar-refractivity contribution >= 4 is 29.3 Å². The van der Waals surface area contributed by atoms with E-state index in [2.05, 4.69) is 10.2 Å². The van der Waals surface area contributed by atoms with Gasteiger partial charge in [0.25, 0.3) is 0 Å². The molecule has 7 heteroatoms. The van der Waals surface area contributed by atoms with Gasteiger partial charge in [0, 0.05) is 16.3 Å². The van der Waals surface area contributed by atoms with Crippen molar-refractivity contribution in [1.29, 1.82) is 0 Å². The number of benzene rings is 2. The van der Waals surface area contributed by atoms with E-state index in [9.17, 15) is 4.79 Å². The number of ether oxygens (including phenoxy) is 1. The molecular formula is C20H20ClN3O2S. The molecule has 3 aromatic rings. The fourth-order valence-corrected chi connectivity index (χ4v) is 3.36. The van der Waals surface area contributed by atoms with Gasteiger partial charge in [-0.15, -0.1) is 10.2 Å². The minimum Gasteiger partial charge on any atom is -0.462 e. The van der Waals surface area contributed by atoms with Crippen LogP contribution in [0.3, 0.4) is 0 Å². The zero-order valence-electron chi connectivity index (χ0n) is 15.3. The third-order valence-electron chi connectivity index (χ3n) is 3.71. The molecule has 0 aliphatic rings. The van der Waals surface area contributed by atoms with E-state index in [0.717, 1.165) is 11.3 Å². The van der Waals surface area contributed by atoms with E-state index < -0.39 is 0 Å². The summed E-state index contributed by atoms with van der Waals surface area (Å²) in [4.78, 5) is 11.9. The molecule has 0 aliphatic heterocycles. The average molecular weight is 402 g/mol. The first-order valence-corrected chi connectivity index (χ1v) is 9.91. The van der Waals surface area contributed by atoms with Gasteiger partial charge in [-0.2, -0.15) is 0 Å². The van der Waals surface area contributed by atoms with Gasteiger partial charge in [0.2, 0.25) is 0 Å². The number of carbonyl (C=O) groups excluding carboxylic acids is 1. The monoisotopic (exact) mass is 401 g/mol. The fourth-order valence-electron chi connectivity index (χ4n) is 2.50.